The number of benzene rings is 9. The predicted molar refractivity (Wildman–Crippen MR) is 296 cm³/mol. The number of fused-ring (bicyclic) bond motifs is 15. The summed E-state index contributed by atoms with van der Waals surface area (Å²) >= 11 is 0. The van der Waals surface area contributed by atoms with Crippen LogP contribution < -0.4 is 0 Å². The van der Waals surface area contributed by atoms with Crippen molar-refractivity contribution in [2.24, 2.45) is 0 Å². The van der Waals surface area contributed by atoms with Crippen LogP contribution in [0.4, 0.5) is 0 Å². The number of rotatable bonds is 3. The van der Waals surface area contributed by atoms with Crippen molar-refractivity contribution >= 4 is 65.4 Å². The summed E-state index contributed by atoms with van der Waals surface area (Å²) in [6.07, 6.45) is 0. The highest BCUT2D eigenvalue weighted by Gasteiger charge is 2.39. The molecule has 0 N–H and O–H groups in total. The van der Waals surface area contributed by atoms with Crippen molar-refractivity contribution in [2.45, 2.75) is 57.8 Å². The fourth-order valence-electron chi connectivity index (χ4n) is 13.6. The summed E-state index contributed by atoms with van der Waals surface area (Å²) in [5.41, 5.74) is 20.7. The minimum Gasteiger partial charge on any atom is -0.309 e. The van der Waals surface area contributed by atoms with Crippen LogP contribution >= 0.6 is 0 Å². The van der Waals surface area contributed by atoms with Gasteiger partial charge in [0, 0.05) is 65.3 Å². The largest absolute Gasteiger partial charge is 0.309 e. The molecule has 9 aromatic carbocycles. The van der Waals surface area contributed by atoms with Crippen molar-refractivity contribution < 1.29 is 0 Å². The molecule has 72 heavy (non-hydrogen) atoms. The standard InChI is InChI=1S/C66H48N6/c1-64(2)46-22-10-16-28-55(46)70-52-25-13-7-19-40(52)43-31-37(34-49(64)58(43)70)61-67-62(38-32-44-41-20-8-14-26-53(41)71-56-29-17-11-23-47(56)65(3,4)50(35-38)59(44)71)69-63(68-61)39-33-45-42-21-9-15-27-54(42)72-57-30-18-12-24-48(57)66(5,6)51(36-39)60(45)72/h7-36H,1-6H3. The molecule has 13 aromatic rings. The predicted octanol–water partition coefficient (Wildman–Crippen LogP) is 16.1. The van der Waals surface area contributed by atoms with Crippen LogP contribution in [-0.2, 0) is 16.2 Å². The van der Waals surface area contributed by atoms with E-state index in [2.05, 4.69) is 237 Å². The Labute approximate surface area is 416 Å². The molecule has 0 atom stereocenters. The molecule has 0 saturated carbocycles. The SMILES string of the molecule is CC1(C)c2ccccc2-n2c3ccccc3c3cc(-c4nc(-c5cc6c7c(c5)c5ccccc5n7-c5ccccc5C6(C)C)nc(-c5cc6c7c(c5)c5ccccc5n7-c5ccccc5C6(C)C)n4)cc1c32. The molecule has 0 amide bonds. The lowest BCUT2D eigenvalue weighted by atomic mass is 9.74. The lowest BCUT2D eigenvalue weighted by Gasteiger charge is -2.35. The number of nitrogens with zero attached hydrogens (tertiary/aromatic N) is 6. The van der Waals surface area contributed by atoms with Crippen LogP contribution in [0.5, 0.6) is 0 Å². The molecule has 16 rings (SSSR count). The molecule has 6 heteroatoms. The van der Waals surface area contributed by atoms with E-state index >= 15 is 0 Å². The fraction of sp³-hybridized carbons (Fsp3) is 0.136. The van der Waals surface area contributed by atoms with Crippen molar-refractivity contribution in [1.29, 1.82) is 0 Å². The number of hydrogen-bond donors (Lipinski definition) is 0. The van der Waals surface area contributed by atoms with E-state index in [1.165, 1.54) is 116 Å². The highest BCUT2D eigenvalue weighted by Crippen LogP contribution is 2.53. The number of para-hydroxylation sites is 6. The lowest BCUT2D eigenvalue weighted by molar-refractivity contribution is 0.630. The Morgan fingerprint density at radius 2 is 0.542 bits per heavy atom. The summed E-state index contributed by atoms with van der Waals surface area (Å²) in [5, 5.41) is 7.23. The summed E-state index contributed by atoms with van der Waals surface area (Å²) in [6, 6.07) is 67.3. The lowest BCUT2D eigenvalue weighted by Crippen LogP contribution is -2.26. The molecule has 7 heterocycles. The summed E-state index contributed by atoms with van der Waals surface area (Å²) < 4.78 is 7.43. The molecule has 4 aromatic heterocycles. The van der Waals surface area contributed by atoms with Gasteiger partial charge in [-0.25, -0.2) is 15.0 Å². The summed E-state index contributed by atoms with van der Waals surface area (Å²) in [5.74, 6) is 1.96. The van der Waals surface area contributed by atoms with E-state index in [1.807, 2.05) is 0 Å². The van der Waals surface area contributed by atoms with E-state index in [1.54, 1.807) is 0 Å². The van der Waals surface area contributed by atoms with Gasteiger partial charge in [0.1, 0.15) is 0 Å². The fourth-order valence-corrected chi connectivity index (χ4v) is 13.6. The molecular formula is C66H48N6. The Morgan fingerprint density at radius 3 is 0.847 bits per heavy atom. The van der Waals surface area contributed by atoms with Crippen LogP contribution in [0.1, 0.15) is 74.9 Å². The third kappa shape index (κ3) is 4.92. The maximum Gasteiger partial charge on any atom is 0.164 e. The van der Waals surface area contributed by atoms with E-state index in [0.29, 0.717) is 17.5 Å². The third-order valence-electron chi connectivity index (χ3n) is 17.2. The zero-order valence-corrected chi connectivity index (χ0v) is 41.0. The molecular weight excluding hydrogens is 877 g/mol. The van der Waals surface area contributed by atoms with Gasteiger partial charge in [0.2, 0.25) is 0 Å². The Bertz CT molecular complexity index is 4130. The topological polar surface area (TPSA) is 53.5 Å². The van der Waals surface area contributed by atoms with Crippen molar-refractivity contribution in [3.8, 4) is 51.2 Å². The van der Waals surface area contributed by atoms with Crippen molar-refractivity contribution in [1.82, 2.24) is 28.7 Å². The van der Waals surface area contributed by atoms with Gasteiger partial charge in [0.25, 0.3) is 0 Å². The Kier molecular flexibility index (Phi) is 7.48. The number of hydrogen-bond acceptors (Lipinski definition) is 3. The first-order valence-electron chi connectivity index (χ1n) is 25.3. The Balaban J connectivity index is 1.02. The minimum atomic E-state index is -0.304. The number of aromatic nitrogens is 6. The molecule has 342 valence electrons. The van der Waals surface area contributed by atoms with E-state index in [4.69, 9.17) is 15.0 Å². The van der Waals surface area contributed by atoms with Crippen molar-refractivity contribution in [2.75, 3.05) is 0 Å². The molecule has 0 aliphatic carbocycles. The van der Waals surface area contributed by atoms with Crippen LogP contribution in [0.15, 0.2) is 182 Å². The average Bonchev–Trinajstić information content (AvgIpc) is 4.05. The van der Waals surface area contributed by atoms with Crippen LogP contribution in [0.3, 0.4) is 0 Å². The molecule has 0 spiro atoms. The van der Waals surface area contributed by atoms with E-state index in [-0.39, 0.29) is 16.2 Å². The monoisotopic (exact) mass is 924 g/mol. The average molecular weight is 925 g/mol. The smallest absolute Gasteiger partial charge is 0.164 e. The summed E-state index contributed by atoms with van der Waals surface area (Å²) in [6.45, 7) is 14.2. The van der Waals surface area contributed by atoms with Gasteiger partial charge in [0.15, 0.2) is 17.5 Å². The van der Waals surface area contributed by atoms with Crippen molar-refractivity contribution in [3.63, 3.8) is 0 Å². The first kappa shape index (κ1) is 40.2. The maximum atomic E-state index is 5.65. The second-order valence-electron chi connectivity index (χ2n) is 22.1. The third-order valence-corrected chi connectivity index (χ3v) is 17.2. The summed E-state index contributed by atoms with van der Waals surface area (Å²) in [7, 11) is 0. The highest BCUT2D eigenvalue weighted by molar-refractivity contribution is 6.15. The van der Waals surface area contributed by atoms with Gasteiger partial charge in [0.05, 0.1) is 50.2 Å². The molecule has 3 aliphatic rings. The first-order chi connectivity index (χ1) is 35.0. The van der Waals surface area contributed by atoms with Crippen LogP contribution in [0.2, 0.25) is 0 Å². The molecule has 3 aliphatic heterocycles. The van der Waals surface area contributed by atoms with Gasteiger partial charge in [-0.1, -0.05) is 151 Å². The molecule has 0 fully saturated rings. The Morgan fingerprint density at radius 1 is 0.278 bits per heavy atom. The van der Waals surface area contributed by atoms with Crippen LogP contribution in [-0.4, -0.2) is 28.7 Å². The first-order valence-corrected chi connectivity index (χ1v) is 25.3. The van der Waals surface area contributed by atoms with Gasteiger partial charge >= 0.3 is 0 Å². The minimum absolute atomic E-state index is 0.304. The summed E-state index contributed by atoms with van der Waals surface area (Å²) in [4.78, 5) is 16.9. The van der Waals surface area contributed by atoms with Gasteiger partial charge in [-0.2, -0.15) is 0 Å². The maximum absolute atomic E-state index is 5.65. The molecule has 0 bridgehead atoms. The normalized spacial score (nSPS) is 15.4. The van der Waals surface area contributed by atoms with Gasteiger partial charge in [-0.05, 0) is 106 Å². The molecule has 0 saturated heterocycles. The van der Waals surface area contributed by atoms with E-state index in [9.17, 15) is 0 Å². The molecule has 0 radical (unpaired) electrons. The molecule has 0 unspecified atom stereocenters. The van der Waals surface area contributed by atoms with Gasteiger partial charge in [-0.15, -0.1) is 0 Å². The van der Waals surface area contributed by atoms with Crippen LogP contribution in [0, 0.1) is 0 Å². The van der Waals surface area contributed by atoms with E-state index in [0.717, 1.165) is 16.7 Å². The second kappa shape index (κ2) is 13.4. The molecule has 6 nitrogen and oxygen atoms in total. The van der Waals surface area contributed by atoms with Gasteiger partial charge in [-0.3, -0.25) is 0 Å². The van der Waals surface area contributed by atoms with Crippen molar-refractivity contribution in [3.05, 3.63) is 215 Å². The Hall–Kier alpha value is -8.61. The quantitative estimate of drug-likeness (QED) is 0.177. The highest BCUT2D eigenvalue weighted by atomic mass is 15.1. The second-order valence-corrected chi connectivity index (χ2v) is 22.1. The van der Waals surface area contributed by atoms with Crippen LogP contribution in [0.25, 0.3) is 117 Å². The van der Waals surface area contributed by atoms with Gasteiger partial charge < -0.3 is 13.7 Å². The zero-order valence-electron chi connectivity index (χ0n) is 41.0. The zero-order chi connectivity index (χ0) is 48.2. The van der Waals surface area contributed by atoms with E-state index < -0.39 is 0 Å².